The van der Waals surface area contributed by atoms with Gasteiger partial charge in [-0.3, -0.25) is 14.3 Å². The minimum absolute atomic E-state index is 0.113. The highest BCUT2D eigenvalue weighted by Crippen LogP contribution is 2.21. The number of aromatic amines is 1. The first-order chi connectivity index (χ1) is 11.3. The van der Waals surface area contributed by atoms with Crippen LogP contribution in [0.4, 0.5) is 0 Å². The van der Waals surface area contributed by atoms with Gasteiger partial charge in [-0.2, -0.15) is 5.10 Å². The Labute approximate surface area is 133 Å². The minimum Gasteiger partial charge on any atom is -0.350 e. The molecular weight excluding hydrogens is 292 g/mol. The number of aromatic nitrogens is 5. The van der Waals surface area contributed by atoms with Gasteiger partial charge in [-0.1, -0.05) is 6.07 Å². The number of amides is 1. The highest BCUT2D eigenvalue weighted by Gasteiger charge is 2.21. The second kappa shape index (κ2) is 5.83. The zero-order valence-corrected chi connectivity index (χ0v) is 12.7. The molecule has 1 aliphatic rings. The molecule has 0 spiro atoms. The number of rotatable bonds is 4. The fourth-order valence-corrected chi connectivity index (χ4v) is 3.10. The van der Waals surface area contributed by atoms with Gasteiger partial charge >= 0.3 is 0 Å². The number of hydrogen-bond donors (Lipinski definition) is 2. The molecule has 0 saturated carbocycles. The van der Waals surface area contributed by atoms with Crippen molar-refractivity contribution in [2.75, 3.05) is 6.54 Å². The van der Waals surface area contributed by atoms with Gasteiger partial charge in [-0.25, -0.2) is 0 Å². The first-order valence-electron chi connectivity index (χ1n) is 7.96. The maximum atomic E-state index is 12.3. The molecule has 118 valence electrons. The smallest absolute Gasteiger partial charge is 0.272 e. The van der Waals surface area contributed by atoms with Crippen LogP contribution >= 0.6 is 0 Å². The Morgan fingerprint density at radius 1 is 1.26 bits per heavy atom. The van der Waals surface area contributed by atoms with Crippen LogP contribution < -0.4 is 5.32 Å². The van der Waals surface area contributed by atoms with E-state index in [1.165, 1.54) is 0 Å². The summed E-state index contributed by atoms with van der Waals surface area (Å²) in [7, 11) is 0. The number of carbonyl (C=O) groups is 1. The van der Waals surface area contributed by atoms with Gasteiger partial charge in [0, 0.05) is 30.4 Å². The van der Waals surface area contributed by atoms with E-state index in [1.807, 2.05) is 28.8 Å². The van der Waals surface area contributed by atoms with Crippen molar-refractivity contribution >= 4 is 11.6 Å². The van der Waals surface area contributed by atoms with E-state index >= 15 is 0 Å². The molecule has 0 fully saturated rings. The maximum Gasteiger partial charge on any atom is 0.272 e. The molecule has 2 N–H and O–H groups in total. The van der Waals surface area contributed by atoms with Crippen LogP contribution in [0.15, 0.2) is 24.4 Å². The number of nitrogens with one attached hydrogen (secondary N) is 2. The number of hydrogen-bond acceptors (Lipinski definition) is 4. The van der Waals surface area contributed by atoms with Gasteiger partial charge in [0.25, 0.3) is 5.91 Å². The topological polar surface area (TPSA) is 88.0 Å². The van der Waals surface area contributed by atoms with Crippen LogP contribution in [-0.4, -0.2) is 37.2 Å². The molecule has 0 unspecified atom stereocenters. The van der Waals surface area contributed by atoms with Crippen molar-refractivity contribution in [2.24, 2.45) is 0 Å². The number of H-pyrrole nitrogens is 1. The lowest BCUT2D eigenvalue weighted by Crippen LogP contribution is -2.27. The van der Waals surface area contributed by atoms with Crippen LogP contribution in [0, 0.1) is 0 Å². The summed E-state index contributed by atoms with van der Waals surface area (Å²) in [4.78, 5) is 12.3. The third-order valence-corrected chi connectivity index (χ3v) is 4.29. The van der Waals surface area contributed by atoms with E-state index in [4.69, 9.17) is 0 Å². The number of carbonyl (C=O) groups excluding carboxylic acids is 1. The van der Waals surface area contributed by atoms with E-state index in [1.54, 1.807) is 0 Å². The Morgan fingerprint density at radius 3 is 3.13 bits per heavy atom. The Hall–Kier alpha value is -2.70. The van der Waals surface area contributed by atoms with E-state index < -0.39 is 0 Å². The molecule has 0 radical (unpaired) electrons. The van der Waals surface area contributed by atoms with Crippen molar-refractivity contribution in [3.63, 3.8) is 0 Å². The molecule has 3 aromatic heterocycles. The van der Waals surface area contributed by atoms with Gasteiger partial charge in [0.2, 0.25) is 0 Å². The van der Waals surface area contributed by atoms with Gasteiger partial charge in [-0.05, 0) is 37.8 Å². The van der Waals surface area contributed by atoms with E-state index in [2.05, 4.69) is 25.7 Å². The van der Waals surface area contributed by atoms with Crippen LogP contribution in [-0.2, 0) is 19.3 Å². The minimum atomic E-state index is -0.113. The predicted octanol–water partition coefficient (Wildman–Crippen LogP) is 1.30. The van der Waals surface area contributed by atoms with Crippen LogP contribution in [0.25, 0.3) is 5.65 Å². The first-order valence-corrected chi connectivity index (χ1v) is 7.96. The number of pyridine rings is 1. The molecule has 0 aliphatic heterocycles. The van der Waals surface area contributed by atoms with Gasteiger partial charge < -0.3 is 5.32 Å². The van der Waals surface area contributed by atoms with Crippen molar-refractivity contribution in [3.05, 3.63) is 47.2 Å². The normalized spacial score (nSPS) is 13.9. The average Bonchev–Trinajstić information content (AvgIpc) is 3.19. The number of nitrogens with zero attached hydrogens (tertiary/aromatic N) is 4. The lowest BCUT2D eigenvalue weighted by Gasteiger charge is -2.11. The molecule has 1 amide bonds. The van der Waals surface area contributed by atoms with Gasteiger partial charge in [0.15, 0.2) is 11.3 Å². The molecule has 4 rings (SSSR count). The summed E-state index contributed by atoms with van der Waals surface area (Å²) < 4.78 is 1.93. The number of fused-ring (bicyclic) bond motifs is 2. The van der Waals surface area contributed by atoms with Crippen LogP contribution in [0.3, 0.4) is 0 Å². The van der Waals surface area contributed by atoms with Crippen molar-refractivity contribution in [2.45, 2.75) is 32.1 Å². The molecule has 0 saturated heterocycles. The maximum absolute atomic E-state index is 12.3. The average molecular weight is 310 g/mol. The molecular formula is C16H18N6O. The van der Waals surface area contributed by atoms with Crippen molar-refractivity contribution in [1.29, 1.82) is 0 Å². The van der Waals surface area contributed by atoms with Crippen molar-refractivity contribution in [3.8, 4) is 0 Å². The summed E-state index contributed by atoms with van der Waals surface area (Å²) in [5, 5.41) is 18.4. The molecule has 0 atom stereocenters. The summed E-state index contributed by atoms with van der Waals surface area (Å²) in [6.45, 7) is 0.510. The van der Waals surface area contributed by atoms with Crippen molar-refractivity contribution < 1.29 is 4.79 Å². The summed E-state index contributed by atoms with van der Waals surface area (Å²) in [5.74, 6) is 0.725. The molecule has 7 heteroatoms. The molecule has 3 aromatic rings. The highest BCUT2D eigenvalue weighted by atomic mass is 16.1. The molecule has 1 aliphatic carbocycles. The Morgan fingerprint density at radius 2 is 2.17 bits per heavy atom. The summed E-state index contributed by atoms with van der Waals surface area (Å²) in [6, 6.07) is 5.77. The fraction of sp³-hybridized carbons (Fsp3) is 0.375. The summed E-state index contributed by atoms with van der Waals surface area (Å²) >= 11 is 0. The third-order valence-electron chi connectivity index (χ3n) is 4.29. The molecule has 0 bridgehead atoms. The molecule has 7 nitrogen and oxygen atoms in total. The third kappa shape index (κ3) is 2.58. The zero-order valence-electron chi connectivity index (χ0n) is 12.7. The second-order valence-corrected chi connectivity index (χ2v) is 5.79. The monoisotopic (exact) mass is 310 g/mol. The van der Waals surface area contributed by atoms with Gasteiger partial charge in [-0.15, -0.1) is 10.2 Å². The second-order valence-electron chi connectivity index (χ2n) is 5.79. The first kappa shape index (κ1) is 13.9. The van der Waals surface area contributed by atoms with E-state index in [0.717, 1.165) is 48.4 Å². The lowest BCUT2D eigenvalue weighted by molar-refractivity contribution is 0.0948. The Bertz CT molecular complexity index is 849. The van der Waals surface area contributed by atoms with E-state index in [9.17, 15) is 4.79 Å². The standard InChI is InChI=1S/C16H18N6O/c23-16(15-11-5-1-2-6-12(11)18-21-15)17-9-8-14-20-19-13-7-3-4-10-22(13)14/h3-4,7,10H,1-2,5-6,8-9H2,(H,17,23)(H,18,21). The molecule has 3 heterocycles. The Balaban J connectivity index is 1.41. The molecule has 23 heavy (non-hydrogen) atoms. The summed E-state index contributed by atoms with van der Waals surface area (Å²) in [6.07, 6.45) is 6.76. The highest BCUT2D eigenvalue weighted by molar-refractivity contribution is 5.94. The Kier molecular flexibility index (Phi) is 3.53. The van der Waals surface area contributed by atoms with Gasteiger partial charge in [0.1, 0.15) is 5.82 Å². The van der Waals surface area contributed by atoms with Crippen molar-refractivity contribution in [1.82, 2.24) is 30.1 Å². The van der Waals surface area contributed by atoms with Gasteiger partial charge in [0.05, 0.1) is 0 Å². The number of aryl methyl sites for hydroxylation is 1. The van der Waals surface area contributed by atoms with Crippen LogP contribution in [0.5, 0.6) is 0 Å². The predicted molar refractivity (Wildman–Crippen MR) is 84.3 cm³/mol. The fourth-order valence-electron chi connectivity index (χ4n) is 3.10. The SMILES string of the molecule is O=C(NCCc1nnc2ccccn12)c1n[nH]c2c1CCCC2. The van der Waals surface area contributed by atoms with Crippen LogP contribution in [0.2, 0.25) is 0 Å². The lowest BCUT2D eigenvalue weighted by atomic mass is 9.96. The summed E-state index contributed by atoms with van der Waals surface area (Å²) in [5.41, 5.74) is 3.56. The molecule has 0 aromatic carbocycles. The quantitative estimate of drug-likeness (QED) is 0.760. The van der Waals surface area contributed by atoms with Crippen LogP contribution in [0.1, 0.15) is 40.4 Å². The zero-order chi connectivity index (χ0) is 15.6. The van der Waals surface area contributed by atoms with E-state index in [0.29, 0.717) is 18.7 Å². The largest absolute Gasteiger partial charge is 0.350 e. The van der Waals surface area contributed by atoms with E-state index in [-0.39, 0.29) is 5.91 Å².